The fourth-order valence-electron chi connectivity index (χ4n) is 2.44. The van der Waals surface area contributed by atoms with Crippen molar-refractivity contribution in [2.24, 2.45) is 0 Å². The summed E-state index contributed by atoms with van der Waals surface area (Å²) in [6, 6.07) is 0.188. The van der Waals surface area contributed by atoms with Gasteiger partial charge in [0.15, 0.2) is 0 Å². The van der Waals surface area contributed by atoms with Crippen molar-refractivity contribution in [3.05, 3.63) is 24.0 Å². The molecule has 0 spiro atoms. The molecule has 0 radical (unpaired) electrons. The third-order valence-corrected chi connectivity index (χ3v) is 4.13. The van der Waals surface area contributed by atoms with Gasteiger partial charge in [0.25, 0.3) is 0 Å². The van der Waals surface area contributed by atoms with Crippen LogP contribution in [-0.4, -0.2) is 29.4 Å². The maximum atomic E-state index is 4.49. The van der Waals surface area contributed by atoms with E-state index in [2.05, 4.69) is 25.5 Å². The van der Waals surface area contributed by atoms with Crippen molar-refractivity contribution in [1.82, 2.24) is 29.4 Å². The number of rotatable bonds is 2. The van der Waals surface area contributed by atoms with Crippen LogP contribution < -0.4 is 5.32 Å². The monoisotopic (exact) mass is 275 g/mol. The molecule has 1 aliphatic rings. The lowest BCUT2D eigenvalue weighted by atomic mass is 10.1. The minimum Gasteiger partial charge on any atom is -0.350 e. The first-order valence-corrected chi connectivity index (χ1v) is 7.08. The highest BCUT2D eigenvalue weighted by Crippen LogP contribution is 2.28. The Hall–Kier alpha value is -1.96. The Morgan fingerprint density at radius 3 is 3.32 bits per heavy atom. The van der Waals surface area contributed by atoms with E-state index in [1.165, 1.54) is 0 Å². The number of hydrogen-bond acceptors (Lipinski definition) is 6. The van der Waals surface area contributed by atoms with E-state index in [1.807, 2.05) is 22.3 Å². The average molecular weight is 275 g/mol. The van der Waals surface area contributed by atoms with Crippen molar-refractivity contribution in [3.63, 3.8) is 0 Å². The van der Waals surface area contributed by atoms with Crippen LogP contribution in [0.2, 0.25) is 0 Å². The summed E-state index contributed by atoms with van der Waals surface area (Å²) in [5.74, 6) is 0.996. The summed E-state index contributed by atoms with van der Waals surface area (Å²) in [6.45, 7) is 2.92. The number of nitrogens with one attached hydrogen (secondary N) is 1. The van der Waals surface area contributed by atoms with Crippen LogP contribution in [0.15, 0.2) is 12.5 Å². The molecular weight excluding hydrogens is 262 g/mol. The standard InChI is InChI=1S/C11H13N7S/c1-7-5-18-11(14-7)19-10(16-18)15-8-3-2-4-17-9(8)12-6-13-17/h5-6,8H,2-4H2,1H3,(H,15,16). The molecule has 1 atom stereocenters. The van der Waals surface area contributed by atoms with Gasteiger partial charge in [-0.3, -0.25) is 0 Å². The third kappa shape index (κ3) is 1.79. The van der Waals surface area contributed by atoms with Crippen molar-refractivity contribution < 1.29 is 0 Å². The summed E-state index contributed by atoms with van der Waals surface area (Å²) in [5.41, 5.74) is 0.989. The molecule has 19 heavy (non-hydrogen) atoms. The first-order chi connectivity index (χ1) is 9.29. The van der Waals surface area contributed by atoms with Crippen molar-refractivity contribution in [1.29, 1.82) is 0 Å². The van der Waals surface area contributed by atoms with Crippen LogP contribution >= 0.6 is 11.3 Å². The normalized spacial score (nSPS) is 18.7. The Kier molecular flexibility index (Phi) is 2.31. The van der Waals surface area contributed by atoms with Crippen molar-refractivity contribution in [2.45, 2.75) is 32.4 Å². The van der Waals surface area contributed by atoms with Gasteiger partial charge in [-0.15, -0.1) is 5.10 Å². The molecule has 4 rings (SSSR count). The first-order valence-electron chi connectivity index (χ1n) is 6.26. The lowest BCUT2D eigenvalue weighted by Gasteiger charge is -2.22. The summed E-state index contributed by atoms with van der Waals surface area (Å²) in [4.78, 5) is 9.65. The number of hydrogen-bond donors (Lipinski definition) is 1. The van der Waals surface area contributed by atoms with E-state index in [1.54, 1.807) is 17.7 Å². The average Bonchev–Trinajstić information content (AvgIpc) is 3.03. The quantitative estimate of drug-likeness (QED) is 0.769. The molecule has 4 heterocycles. The molecular formula is C11H13N7S. The Bertz CT molecular complexity index is 693. The first kappa shape index (κ1) is 10.9. The molecule has 0 aliphatic carbocycles. The van der Waals surface area contributed by atoms with Crippen LogP contribution in [0.3, 0.4) is 0 Å². The second-order valence-corrected chi connectivity index (χ2v) is 5.65. The van der Waals surface area contributed by atoms with E-state index in [4.69, 9.17) is 0 Å². The number of aryl methyl sites for hydroxylation is 2. The molecule has 0 amide bonds. The minimum atomic E-state index is 0.188. The maximum Gasteiger partial charge on any atom is 0.214 e. The SMILES string of the molecule is Cc1cn2nc(NC3CCCn4ncnc43)sc2n1. The van der Waals surface area contributed by atoms with Crippen LogP contribution in [0.5, 0.6) is 0 Å². The molecule has 0 aromatic carbocycles. The lowest BCUT2D eigenvalue weighted by Crippen LogP contribution is -2.22. The zero-order valence-electron chi connectivity index (χ0n) is 10.4. The molecule has 3 aromatic rings. The molecule has 0 saturated carbocycles. The number of imidazole rings is 1. The molecule has 7 nitrogen and oxygen atoms in total. The van der Waals surface area contributed by atoms with Gasteiger partial charge < -0.3 is 5.32 Å². The second kappa shape index (κ2) is 4.02. The molecule has 0 bridgehead atoms. The smallest absolute Gasteiger partial charge is 0.214 e. The van der Waals surface area contributed by atoms with E-state index in [0.717, 1.165) is 41.0 Å². The fourth-order valence-corrected chi connectivity index (χ4v) is 3.32. The molecule has 3 aromatic heterocycles. The highest BCUT2D eigenvalue weighted by molar-refractivity contribution is 7.20. The van der Waals surface area contributed by atoms with Gasteiger partial charge in [0.2, 0.25) is 10.1 Å². The van der Waals surface area contributed by atoms with Crippen LogP contribution in [0.25, 0.3) is 4.96 Å². The Balaban J connectivity index is 1.63. The van der Waals surface area contributed by atoms with Gasteiger partial charge in [0, 0.05) is 6.54 Å². The molecule has 0 saturated heterocycles. The van der Waals surface area contributed by atoms with Crippen molar-refractivity contribution in [3.8, 4) is 0 Å². The van der Waals surface area contributed by atoms with E-state index in [0.29, 0.717) is 0 Å². The van der Waals surface area contributed by atoms with Crippen LogP contribution in [-0.2, 0) is 6.54 Å². The topological polar surface area (TPSA) is 72.9 Å². The fraction of sp³-hybridized carbons (Fsp3) is 0.455. The summed E-state index contributed by atoms with van der Waals surface area (Å²) in [5, 5.41) is 13.0. The van der Waals surface area contributed by atoms with Gasteiger partial charge in [-0.05, 0) is 19.8 Å². The highest BCUT2D eigenvalue weighted by atomic mass is 32.1. The molecule has 98 valence electrons. The van der Waals surface area contributed by atoms with Crippen molar-refractivity contribution in [2.75, 3.05) is 5.32 Å². The van der Waals surface area contributed by atoms with Gasteiger partial charge in [0.05, 0.1) is 17.9 Å². The predicted molar refractivity (Wildman–Crippen MR) is 71.2 cm³/mol. The second-order valence-electron chi connectivity index (χ2n) is 4.70. The number of nitrogens with zero attached hydrogens (tertiary/aromatic N) is 6. The summed E-state index contributed by atoms with van der Waals surface area (Å²) in [7, 11) is 0. The van der Waals surface area contributed by atoms with Gasteiger partial charge >= 0.3 is 0 Å². The van der Waals surface area contributed by atoms with Gasteiger partial charge in [-0.25, -0.2) is 19.2 Å². The predicted octanol–water partition coefficient (Wildman–Crippen LogP) is 1.64. The summed E-state index contributed by atoms with van der Waals surface area (Å²) >= 11 is 1.56. The molecule has 0 fully saturated rings. The van der Waals surface area contributed by atoms with E-state index >= 15 is 0 Å². The molecule has 1 aliphatic heterocycles. The van der Waals surface area contributed by atoms with Crippen LogP contribution in [0.4, 0.5) is 5.13 Å². The molecule has 1 unspecified atom stereocenters. The van der Waals surface area contributed by atoms with E-state index in [-0.39, 0.29) is 6.04 Å². The lowest BCUT2D eigenvalue weighted by molar-refractivity contribution is 0.437. The Morgan fingerprint density at radius 2 is 2.42 bits per heavy atom. The van der Waals surface area contributed by atoms with E-state index < -0.39 is 0 Å². The van der Waals surface area contributed by atoms with Gasteiger partial charge in [0.1, 0.15) is 12.2 Å². The number of aromatic nitrogens is 6. The highest BCUT2D eigenvalue weighted by Gasteiger charge is 2.23. The van der Waals surface area contributed by atoms with E-state index in [9.17, 15) is 0 Å². The minimum absolute atomic E-state index is 0.188. The zero-order chi connectivity index (χ0) is 12.8. The number of anilines is 1. The molecule has 1 N–H and O–H groups in total. The zero-order valence-corrected chi connectivity index (χ0v) is 11.3. The Morgan fingerprint density at radius 1 is 1.47 bits per heavy atom. The van der Waals surface area contributed by atoms with Crippen LogP contribution in [0, 0.1) is 6.92 Å². The van der Waals surface area contributed by atoms with Gasteiger partial charge in [-0.1, -0.05) is 11.3 Å². The van der Waals surface area contributed by atoms with Crippen LogP contribution in [0.1, 0.15) is 30.4 Å². The summed E-state index contributed by atoms with van der Waals surface area (Å²) < 4.78 is 3.78. The maximum absolute atomic E-state index is 4.49. The molecule has 8 heteroatoms. The summed E-state index contributed by atoms with van der Waals surface area (Å²) in [6.07, 6.45) is 5.71. The largest absolute Gasteiger partial charge is 0.350 e. The van der Waals surface area contributed by atoms with Gasteiger partial charge in [-0.2, -0.15) is 5.10 Å². The van der Waals surface area contributed by atoms with Crippen molar-refractivity contribution >= 4 is 21.4 Å². The number of fused-ring (bicyclic) bond motifs is 2. The Labute approximate surface area is 113 Å². The third-order valence-electron chi connectivity index (χ3n) is 3.28.